The number of hydrogen-bond acceptors (Lipinski definition) is 6. The highest BCUT2D eigenvalue weighted by atomic mass is 32.2. The molecule has 0 saturated carbocycles. The summed E-state index contributed by atoms with van der Waals surface area (Å²) in [6.45, 7) is 6.01. The fraction of sp³-hybridized carbons (Fsp3) is 0.391. The molecular weight excluding hydrogens is 460 g/mol. The molecule has 4 rings (SSSR count). The number of ether oxygens (including phenoxy) is 1. The average Bonchev–Trinajstić information content (AvgIpc) is 3.20. The van der Waals surface area contributed by atoms with Gasteiger partial charge in [0, 0.05) is 32.4 Å². The lowest BCUT2D eigenvalue weighted by molar-refractivity contribution is -0.117. The van der Waals surface area contributed by atoms with Crippen molar-refractivity contribution in [2.45, 2.75) is 35.7 Å². The van der Waals surface area contributed by atoms with Crippen LogP contribution in [0.4, 0.5) is 5.69 Å². The number of sulfonamides is 1. The third kappa shape index (κ3) is 4.79. The van der Waals surface area contributed by atoms with Crippen LogP contribution in [0, 0.1) is 0 Å². The first-order valence-corrected chi connectivity index (χ1v) is 13.2. The third-order valence-electron chi connectivity index (χ3n) is 5.71. The minimum Gasteiger partial charge on any atom is -0.379 e. The molecule has 8 nitrogen and oxygen atoms in total. The molecule has 0 aliphatic carbocycles. The van der Waals surface area contributed by atoms with Gasteiger partial charge in [-0.1, -0.05) is 30.0 Å². The molecule has 0 spiro atoms. The number of aryl methyl sites for hydroxylation is 1. The highest BCUT2D eigenvalue weighted by molar-refractivity contribution is 8.00. The van der Waals surface area contributed by atoms with Crippen molar-refractivity contribution in [3.05, 3.63) is 48.5 Å². The number of aromatic nitrogens is 2. The second-order valence-electron chi connectivity index (χ2n) is 7.80. The van der Waals surface area contributed by atoms with Gasteiger partial charge in [0.2, 0.25) is 15.9 Å². The first-order valence-electron chi connectivity index (χ1n) is 10.9. The van der Waals surface area contributed by atoms with Crippen molar-refractivity contribution in [1.29, 1.82) is 0 Å². The Hall–Kier alpha value is -2.40. The minimum atomic E-state index is -3.61. The monoisotopic (exact) mass is 488 g/mol. The molecule has 10 heteroatoms. The fourth-order valence-electron chi connectivity index (χ4n) is 3.84. The van der Waals surface area contributed by atoms with Gasteiger partial charge in [-0.2, -0.15) is 4.31 Å². The Kier molecular flexibility index (Phi) is 7.08. The first-order chi connectivity index (χ1) is 15.8. The van der Waals surface area contributed by atoms with Gasteiger partial charge in [0.1, 0.15) is 0 Å². The van der Waals surface area contributed by atoms with Crippen LogP contribution in [0.2, 0.25) is 0 Å². The lowest BCUT2D eigenvalue weighted by Gasteiger charge is -2.26. The van der Waals surface area contributed by atoms with Crippen molar-refractivity contribution < 1.29 is 17.9 Å². The molecule has 1 saturated heterocycles. The van der Waals surface area contributed by atoms with Crippen LogP contribution in [0.1, 0.15) is 13.8 Å². The second kappa shape index (κ2) is 9.84. The van der Waals surface area contributed by atoms with E-state index < -0.39 is 10.0 Å². The molecule has 1 aliphatic heterocycles. The van der Waals surface area contributed by atoms with Crippen molar-refractivity contribution in [3.63, 3.8) is 0 Å². The van der Waals surface area contributed by atoms with Crippen LogP contribution in [0.15, 0.2) is 58.6 Å². The number of para-hydroxylation sites is 1. The van der Waals surface area contributed by atoms with Gasteiger partial charge in [0.15, 0.2) is 5.16 Å². The maximum absolute atomic E-state index is 13.0. The highest BCUT2D eigenvalue weighted by Crippen LogP contribution is 2.30. The Morgan fingerprint density at radius 2 is 1.88 bits per heavy atom. The van der Waals surface area contributed by atoms with E-state index in [0.717, 1.165) is 11.2 Å². The van der Waals surface area contributed by atoms with E-state index in [1.807, 2.05) is 48.7 Å². The Morgan fingerprint density at radius 1 is 1.18 bits per heavy atom. The number of carbonyl (C=O) groups excluding carboxylic acids is 1. The molecule has 1 aliphatic rings. The van der Waals surface area contributed by atoms with Crippen LogP contribution < -0.4 is 4.90 Å². The number of morpholine rings is 1. The van der Waals surface area contributed by atoms with Gasteiger partial charge >= 0.3 is 0 Å². The van der Waals surface area contributed by atoms with Crippen molar-refractivity contribution in [3.8, 4) is 0 Å². The zero-order valence-corrected chi connectivity index (χ0v) is 20.6. The summed E-state index contributed by atoms with van der Waals surface area (Å²) in [5.41, 5.74) is 2.28. The summed E-state index contributed by atoms with van der Waals surface area (Å²) in [5.74, 6) is -0.0310. The number of fused-ring (bicyclic) bond motifs is 1. The van der Waals surface area contributed by atoms with Gasteiger partial charge in [-0.25, -0.2) is 13.4 Å². The molecule has 176 valence electrons. The number of nitrogens with zero attached hydrogens (tertiary/aromatic N) is 4. The zero-order valence-electron chi connectivity index (χ0n) is 19.0. The molecule has 3 aromatic rings. The lowest BCUT2D eigenvalue weighted by Crippen LogP contribution is -2.40. The van der Waals surface area contributed by atoms with E-state index in [9.17, 15) is 13.2 Å². The largest absolute Gasteiger partial charge is 0.379 e. The molecule has 1 atom stereocenters. The molecule has 0 unspecified atom stereocenters. The van der Waals surface area contributed by atoms with Gasteiger partial charge in [-0.15, -0.1) is 0 Å². The minimum absolute atomic E-state index is 0.0310. The van der Waals surface area contributed by atoms with Gasteiger partial charge in [-0.05, 0) is 44.2 Å². The number of carbonyl (C=O) groups is 1. The Labute approximate surface area is 198 Å². The summed E-state index contributed by atoms with van der Waals surface area (Å²) in [7, 11) is -1.84. The van der Waals surface area contributed by atoms with Crippen molar-refractivity contribution in [1.82, 2.24) is 13.9 Å². The molecule has 33 heavy (non-hydrogen) atoms. The molecule has 2 heterocycles. The zero-order chi connectivity index (χ0) is 23.6. The van der Waals surface area contributed by atoms with E-state index in [1.165, 1.54) is 16.1 Å². The molecule has 1 aromatic heterocycles. The molecule has 0 bridgehead atoms. The number of hydrogen-bond donors (Lipinski definition) is 0. The summed E-state index contributed by atoms with van der Waals surface area (Å²) < 4.78 is 34.8. The molecule has 0 radical (unpaired) electrons. The standard InChI is InChI=1S/C23H28N4O4S2/c1-4-27-21-11-10-19(33(29,30)26-12-14-31-15-13-26)16-20(21)24-23(27)32-17(2)22(28)25(3)18-8-6-5-7-9-18/h5-11,16-17H,4,12-15H2,1-3H3/t17-/m1/s1. The Bertz CT molecular complexity index is 1240. The maximum atomic E-state index is 13.0. The SMILES string of the molecule is CCn1c(S[C@H](C)C(=O)N(C)c2ccccc2)nc2cc(S(=O)(=O)N3CCOCC3)ccc21. The Balaban J connectivity index is 1.60. The number of rotatable bonds is 7. The van der Waals surface area contributed by atoms with Crippen LogP contribution in [0.3, 0.4) is 0 Å². The van der Waals surface area contributed by atoms with Crippen LogP contribution in [-0.2, 0) is 26.1 Å². The molecule has 1 amide bonds. The average molecular weight is 489 g/mol. The van der Waals surface area contributed by atoms with Gasteiger partial charge in [-0.3, -0.25) is 4.79 Å². The second-order valence-corrected chi connectivity index (χ2v) is 11.0. The predicted octanol–water partition coefficient (Wildman–Crippen LogP) is 3.22. The summed E-state index contributed by atoms with van der Waals surface area (Å²) in [6.07, 6.45) is 0. The van der Waals surface area contributed by atoms with E-state index in [1.54, 1.807) is 30.1 Å². The number of imidazole rings is 1. The summed E-state index contributed by atoms with van der Waals surface area (Å²) in [4.78, 5) is 19.6. The quantitative estimate of drug-likeness (QED) is 0.475. The molecule has 0 N–H and O–H groups in total. The fourth-order valence-corrected chi connectivity index (χ4v) is 6.35. The van der Waals surface area contributed by atoms with E-state index in [-0.39, 0.29) is 16.1 Å². The van der Waals surface area contributed by atoms with Crippen molar-refractivity contribution >= 4 is 44.4 Å². The smallest absolute Gasteiger partial charge is 0.243 e. The number of benzene rings is 2. The number of thioether (sulfide) groups is 1. The van der Waals surface area contributed by atoms with Crippen LogP contribution >= 0.6 is 11.8 Å². The van der Waals surface area contributed by atoms with Crippen LogP contribution in [-0.4, -0.2) is 66.8 Å². The molecule has 1 fully saturated rings. The highest BCUT2D eigenvalue weighted by Gasteiger charge is 2.28. The first kappa shape index (κ1) is 23.7. The summed E-state index contributed by atoms with van der Waals surface area (Å²) in [6, 6.07) is 14.6. The molecule has 2 aromatic carbocycles. The van der Waals surface area contributed by atoms with Crippen LogP contribution in [0.25, 0.3) is 11.0 Å². The predicted molar refractivity (Wildman–Crippen MR) is 130 cm³/mol. The number of amides is 1. The molecular formula is C23H28N4O4S2. The van der Waals surface area contributed by atoms with Crippen LogP contribution in [0.5, 0.6) is 0 Å². The summed E-state index contributed by atoms with van der Waals surface area (Å²) >= 11 is 1.38. The van der Waals surface area contributed by atoms with Gasteiger partial charge < -0.3 is 14.2 Å². The van der Waals surface area contributed by atoms with E-state index in [4.69, 9.17) is 9.72 Å². The van der Waals surface area contributed by atoms with E-state index in [0.29, 0.717) is 43.5 Å². The lowest BCUT2D eigenvalue weighted by atomic mass is 10.3. The van der Waals surface area contributed by atoms with E-state index in [2.05, 4.69) is 0 Å². The normalized spacial score (nSPS) is 16.1. The van der Waals surface area contributed by atoms with Crippen molar-refractivity contribution in [2.75, 3.05) is 38.3 Å². The topological polar surface area (TPSA) is 84.7 Å². The van der Waals surface area contributed by atoms with E-state index >= 15 is 0 Å². The van der Waals surface area contributed by atoms with Gasteiger partial charge in [0.05, 0.1) is 34.4 Å². The number of anilines is 1. The maximum Gasteiger partial charge on any atom is 0.243 e. The third-order valence-corrected chi connectivity index (χ3v) is 8.69. The summed E-state index contributed by atoms with van der Waals surface area (Å²) in [5, 5.41) is 0.324. The van der Waals surface area contributed by atoms with Gasteiger partial charge in [0.25, 0.3) is 0 Å². The Morgan fingerprint density at radius 3 is 2.55 bits per heavy atom. The van der Waals surface area contributed by atoms with Crippen molar-refractivity contribution in [2.24, 2.45) is 0 Å².